The maximum absolute atomic E-state index is 4.26. The fraction of sp³-hybridized carbons (Fsp3) is 0.0149. The molecule has 11 aromatic carbocycles. The van der Waals surface area contributed by atoms with Crippen LogP contribution < -0.4 is 19.6 Å². The normalized spacial score (nSPS) is 11.5. The van der Waals surface area contributed by atoms with Crippen molar-refractivity contribution in [2.45, 2.75) is 6.92 Å². The number of benzene rings is 11. The lowest BCUT2D eigenvalue weighted by atomic mass is 10.1. The van der Waals surface area contributed by atoms with E-state index in [0.29, 0.717) is 0 Å². The molecule has 0 atom stereocenters. The molecule has 0 fully saturated rings. The summed E-state index contributed by atoms with van der Waals surface area (Å²) in [6.07, 6.45) is 8.14. The predicted molar refractivity (Wildman–Crippen MR) is 305 cm³/mol. The molecule has 71 heavy (non-hydrogen) atoms. The maximum atomic E-state index is 4.26. The van der Waals surface area contributed by atoms with E-state index >= 15 is 0 Å². The third-order valence-electron chi connectivity index (χ3n) is 13.0. The van der Waals surface area contributed by atoms with Crippen molar-refractivity contribution in [3.8, 4) is 0 Å². The molecular weight excluding hydrogens is 861 g/mol. The van der Waals surface area contributed by atoms with Crippen molar-refractivity contribution in [1.82, 2.24) is 0 Å². The predicted octanol–water partition coefficient (Wildman–Crippen LogP) is 19.3. The first kappa shape index (κ1) is 44.1. The SMILES string of the molecule is C=C/C(=C\C=C/C)N(c1ccc(N(c2ccc(N(c3ccccc3)c3ccc4ccccc4c3)cc2)c2ccc(N(c3ccccc3)c3ccc4ccccc4c3)cc2)cc1)c1ccc2ccccc2c1. The molecule has 0 heterocycles. The third kappa shape index (κ3) is 9.18. The summed E-state index contributed by atoms with van der Waals surface area (Å²) < 4.78 is 0. The van der Waals surface area contributed by atoms with Crippen LogP contribution >= 0.6 is 0 Å². The molecule has 0 aliphatic rings. The highest BCUT2D eigenvalue weighted by Gasteiger charge is 2.20. The van der Waals surface area contributed by atoms with Crippen molar-refractivity contribution in [2.24, 2.45) is 0 Å². The van der Waals surface area contributed by atoms with E-state index in [-0.39, 0.29) is 0 Å². The van der Waals surface area contributed by atoms with Gasteiger partial charge in [-0.2, -0.15) is 0 Å². The van der Waals surface area contributed by atoms with Gasteiger partial charge in [0.25, 0.3) is 0 Å². The van der Waals surface area contributed by atoms with Crippen molar-refractivity contribution in [3.05, 3.63) is 297 Å². The quantitative estimate of drug-likeness (QED) is 0.101. The van der Waals surface area contributed by atoms with Crippen LogP contribution in [0.3, 0.4) is 0 Å². The maximum Gasteiger partial charge on any atom is 0.0468 e. The van der Waals surface area contributed by atoms with Crippen molar-refractivity contribution in [2.75, 3.05) is 19.6 Å². The first-order valence-electron chi connectivity index (χ1n) is 24.1. The minimum atomic E-state index is 0.970. The van der Waals surface area contributed by atoms with Gasteiger partial charge in [-0.15, -0.1) is 0 Å². The second kappa shape index (κ2) is 20.1. The number of anilines is 11. The Hall–Kier alpha value is -9.38. The molecule has 0 aromatic heterocycles. The highest BCUT2D eigenvalue weighted by molar-refractivity contribution is 5.92. The van der Waals surface area contributed by atoms with Crippen LogP contribution in [-0.4, -0.2) is 0 Å². The Balaban J connectivity index is 1.02. The molecule has 0 amide bonds. The average molecular weight is 913 g/mol. The Bertz CT molecular complexity index is 3510. The van der Waals surface area contributed by atoms with Gasteiger partial charge in [0.1, 0.15) is 0 Å². The highest BCUT2D eigenvalue weighted by atomic mass is 15.2. The van der Waals surface area contributed by atoms with Gasteiger partial charge < -0.3 is 19.6 Å². The van der Waals surface area contributed by atoms with Crippen LogP contribution in [0, 0.1) is 0 Å². The third-order valence-corrected chi connectivity index (χ3v) is 13.0. The zero-order valence-electron chi connectivity index (χ0n) is 39.6. The minimum Gasteiger partial charge on any atom is -0.311 e. The molecule has 0 aliphatic carbocycles. The summed E-state index contributed by atoms with van der Waals surface area (Å²) in [6, 6.07) is 93.5. The molecule has 4 heteroatoms. The lowest BCUT2D eigenvalue weighted by Gasteiger charge is -2.30. The van der Waals surface area contributed by atoms with Crippen molar-refractivity contribution >= 4 is 94.9 Å². The zero-order valence-corrected chi connectivity index (χ0v) is 39.6. The Morgan fingerprint density at radius 2 is 0.577 bits per heavy atom. The van der Waals surface area contributed by atoms with Gasteiger partial charge in [-0.3, -0.25) is 0 Å². The van der Waals surface area contributed by atoms with E-state index in [2.05, 4.69) is 299 Å². The summed E-state index contributed by atoms with van der Waals surface area (Å²) >= 11 is 0. The van der Waals surface area contributed by atoms with E-state index in [1.54, 1.807) is 0 Å². The van der Waals surface area contributed by atoms with Crippen molar-refractivity contribution in [3.63, 3.8) is 0 Å². The van der Waals surface area contributed by atoms with Crippen LogP contribution in [0.25, 0.3) is 32.3 Å². The molecule has 11 aromatic rings. The van der Waals surface area contributed by atoms with Crippen LogP contribution in [0.5, 0.6) is 0 Å². The molecule has 0 unspecified atom stereocenters. The van der Waals surface area contributed by atoms with Gasteiger partial charge >= 0.3 is 0 Å². The Labute approximate surface area is 416 Å². The van der Waals surface area contributed by atoms with Crippen LogP contribution in [0.15, 0.2) is 297 Å². The Kier molecular flexibility index (Phi) is 12.5. The lowest BCUT2D eigenvalue weighted by Crippen LogP contribution is -2.16. The van der Waals surface area contributed by atoms with Gasteiger partial charge in [-0.1, -0.05) is 146 Å². The number of allylic oxidation sites excluding steroid dienone is 4. The summed E-state index contributed by atoms with van der Waals surface area (Å²) in [4.78, 5) is 9.27. The molecule has 340 valence electrons. The van der Waals surface area contributed by atoms with Gasteiger partial charge in [0.2, 0.25) is 0 Å². The number of hydrogen-bond acceptors (Lipinski definition) is 4. The van der Waals surface area contributed by atoms with E-state index in [1.807, 2.05) is 19.1 Å². The van der Waals surface area contributed by atoms with E-state index in [0.717, 1.165) is 68.3 Å². The summed E-state index contributed by atoms with van der Waals surface area (Å²) in [7, 11) is 0. The van der Waals surface area contributed by atoms with Gasteiger partial charge in [0.05, 0.1) is 0 Å². The fourth-order valence-corrected chi connectivity index (χ4v) is 9.57. The topological polar surface area (TPSA) is 13.0 Å². The van der Waals surface area contributed by atoms with Crippen LogP contribution in [0.2, 0.25) is 0 Å². The largest absolute Gasteiger partial charge is 0.311 e. The van der Waals surface area contributed by atoms with Gasteiger partial charge in [0.15, 0.2) is 0 Å². The van der Waals surface area contributed by atoms with E-state index in [1.165, 1.54) is 32.3 Å². The second-order valence-corrected chi connectivity index (χ2v) is 17.5. The molecule has 0 bridgehead atoms. The van der Waals surface area contributed by atoms with Crippen molar-refractivity contribution < 1.29 is 0 Å². The number of hydrogen-bond donors (Lipinski definition) is 0. The smallest absolute Gasteiger partial charge is 0.0468 e. The van der Waals surface area contributed by atoms with E-state index in [9.17, 15) is 0 Å². The molecular formula is C67H52N4. The molecule has 0 spiro atoms. The van der Waals surface area contributed by atoms with Crippen molar-refractivity contribution in [1.29, 1.82) is 0 Å². The molecule has 4 nitrogen and oxygen atoms in total. The Morgan fingerprint density at radius 1 is 0.296 bits per heavy atom. The van der Waals surface area contributed by atoms with Gasteiger partial charge in [0, 0.05) is 68.3 Å². The fourth-order valence-electron chi connectivity index (χ4n) is 9.57. The van der Waals surface area contributed by atoms with Crippen LogP contribution in [0.1, 0.15) is 6.92 Å². The second-order valence-electron chi connectivity index (χ2n) is 17.5. The van der Waals surface area contributed by atoms with Gasteiger partial charge in [-0.05, 0) is 185 Å². The van der Waals surface area contributed by atoms with Crippen LogP contribution in [0.4, 0.5) is 62.6 Å². The number of fused-ring (bicyclic) bond motifs is 3. The standard InChI is InChI=1S/C67H52N4/c1-3-5-24-56(4-2)68(65-32-29-50-18-12-15-21-53(50)47-65)59-35-37-60(38-36-59)69(61-39-43-63(44-40-61)70(57-25-8-6-9-26-57)66-33-30-51-19-13-16-22-54(51)48-66)62-41-45-64(46-42-62)71(58-27-10-7-11-28-58)67-34-31-52-20-14-17-23-55(52)49-67/h3-49H,2H2,1H3/b5-3-,56-24+. The number of rotatable bonds is 14. The molecule has 0 saturated heterocycles. The van der Waals surface area contributed by atoms with Crippen LogP contribution in [-0.2, 0) is 0 Å². The lowest BCUT2D eigenvalue weighted by molar-refractivity contribution is 1.20. The first-order chi connectivity index (χ1) is 35.1. The molecule has 0 radical (unpaired) electrons. The highest BCUT2D eigenvalue weighted by Crippen LogP contribution is 2.43. The molecule has 0 aliphatic heterocycles. The first-order valence-corrected chi connectivity index (χ1v) is 24.1. The number of para-hydroxylation sites is 2. The van der Waals surface area contributed by atoms with E-state index in [4.69, 9.17) is 0 Å². The Morgan fingerprint density at radius 3 is 0.944 bits per heavy atom. The summed E-state index contributed by atoms with van der Waals surface area (Å²) in [5.74, 6) is 0. The average Bonchev–Trinajstić information content (AvgIpc) is 3.44. The monoisotopic (exact) mass is 912 g/mol. The summed E-state index contributed by atoms with van der Waals surface area (Å²) in [5, 5.41) is 7.20. The van der Waals surface area contributed by atoms with Gasteiger partial charge in [-0.25, -0.2) is 0 Å². The molecule has 0 N–H and O–H groups in total. The van der Waals surface area contributed by atoms with E-state index < -0.39 is 0 Å². The molecule has 0 saturated carbocycles. The summed E-state index contributed by atoms with van der Waals surface area (Å²) in [6.45, 7) is 6.29. The minimum absolute atomic E-state index is 0.970. The summed E-state index contributed by atoms with van der Waals surface area (Å²) in [5.41, 5.74) is 12.6. The zero-order chi connectivity index (χ0) is 47.9. The number of nitrogens with zero attached hydrogens (tertiary/aromatic N) is 4. The molecule has 11 rings (SSSR count).